The van der Waals surface area contributed by atoms with Crippen molar-refractivity contribution in [3.05, 3.63) is 217 Å². The minimum atomic E-state index is -0.126. The maximum Gasteiger partial charge on any atom is 0.126 e. The molecule has 51 heavy (non-hydrogen) atoms. The van der Waals surface area contributed by atoms with Crippen molar-refractivity contribution in [1.29, 1.82) is 0 Å². The fourth-order valence-electron chi connectivity index (χ4n) is 7.29. The Labute approximate surface area is 304 Å². The van der Waals surface area contributed by atoms with Crippen molar-refractivity contribution < 1.29 is 10.2 Å². The molecular formula is C49H48O2. The number of hydrogen-bond donors (Lipinski definition) is 2. The van der Waals surface area contributed by atoms with Crippen LogP contribution in [0, 0.1) is 27.7 Å². The van der Waals surface area contributed by atoms with E-state index in [1.165, 1.54) is 72.3 Å². The first-order valence-corrected chi connectivity index (χ1v) is 17.8. The predicted octanol–water partition coefficient (Wildman–Crippen LogP) is 11.8. The maximum absolute atomic E-state index is 10.1. The van der Waals surface area contributed by atoms with Gasteiger partial charge in [-0.3, -0.25) is 0 Å². The highest BCUT2D eigenvalue weighted by Crippen LogP contribution is 2.29. The number of aliphatic hydroxyl groups excluding tert-OH is 1. The summed E-state index contributed by atoms with van der Waals surface area (Å²) in [6, 6.07) is 40.8. The lowest BCUT2D eigenvalue weighted by molar-refractivity contribution is 0.460. The molecule has 2 N–H and O–H groups in total. The maximum atomic E-state index is 10.1. The molecule has 6 aromatic rings. The predicted molar refractivity (Wildman–Crippen MR) is 215 cm³/mol. The van der Waals surface area contributed by atoms with Crippen LogP contribution in [0.2, 0.25) is 0 Å². The molecule has 6 aromatic carbocycles. The molecular weight excluding hydrogens is 621 g/mol. The van der Waals surface area contributed by atoms with Crippen molar-refractivity contribution in [3.63, 3.8) is 0 Å². The van der Waals surface area contributed by atoms with Crippen LogP contribution in [0.1, 0.15) is 89.0 Å². The molecule has 0 atom stereocenters. The third kappa shape index (κ3) is 8.08. The Morgan fingerprint density at radius 2 is 0.843 bits per heavy atom. The van der Waals surface area contributed by atoms with Gasteiger partial charge in [-0.25, -0.2) is 0 Å². The normalized spacial score (nSPS) is 11.1. The number of aliphatic hydroxyl groups is 1. The lowest BCUT2D eigenvalue weighted by Gasteiger charge is -2.17. The zero-order valence-corrected chi connectivity index (χ0v) is 30.4. The van der Waals surface area contributed by atoms with E-state index in [4.69, 9.17) is 0 Å². The van der Waals surface area contributed by atoms with E-state index in [9.17, 15) is 10.2 Å². The van der Waals surface area contributed by atoms with Gasteiger partial charge < -0.3 is 10.2 Å². The first kappa shape index (κ1) is 35.2. The lowest BCUT2D eigenvalue weighted by atomic mass is 9.87. The topological polar surface area (TPSA) is 40.5 Å². The second-order valence-corrected chi connectivity index (χ2v) is 13.9. The van der Waals surface area contributed by atoms with Crippen molar-refractivity contribution >= 4 is 11.8 Å². The van der Waals surface area contributed by atoms with Gasteiger partial charge in [0.1, 0.15) is 11.5 Å². The summed E-state index contributed by atoms with van der Waals surface area (Å²) in [5.41, 5.74) is 20.0. The SMILES string of the molecule is C=Cc1cccc(Cc2cccc(Cc3cccc(Cc4cccc(Cc5cccc(Cc6ccc(O)c(C(=C)O)c6)c5C)c4C)c3C)c2C)c1. The monoisotopic (exact) mass is 668 g/mol. The third-order valence-corrected chi connectivity index (χ3v) is 10.7. The van der Waals surface area contributed by atoms with Crippen LogP contribution in [0.15, 0.2) is 128 Å². The fourth-order valence-corrected chi connectivity index (χ4v) is 7.29. The summed E-state index contributed by atoms with van der Waals surface area (Å²) in [4.78, 5) is 0. The van der Waals surface area contributed by atoms with E-state index in [-0.39, 0.29) is 11.5 Å². The summed E-state index contributed by atoms with van der Waals surface area (Å²) in [7, 11) is 0. The zero-order valence-electron chi connectivity index (χ0n) is 30.4. The quantitative estimate of drug-likeness (QED) is 0.127. The van der Waals surface area contributed by atoms with Gasteiger partial charge in [0, 0.05) is 0 Å². The Hall–Kier alpha value is -5.60. The van der Waals surface area contributed by atoms with Crippen LogP contribution in [-0.4, -0.2) is 10.2 Å². The first-order chi connectivity index (χ1) is 24.6. The molecule has 6 rings (SSSR count). The highest BCUT2D eigenvalue weighted by molar-refractivity contribution is 5.63. The Bertz CT molecular complexity index is 2230. The molecule has 0 bridgehead atoms. The van der Waals surface area contributed by atoms with Gasteiger partial charge in [0.05, 0.1) is 5.56 Å². The van der Waals surface area contributed by atoms with Crippen molar-refractivity contribution in [2.75, 3.05) is 0 Å². The van der Waals surface area contributed by atoms with Crippen molar-refractivity contribution in [2.45, 2.75) is 59.8 Å². The van der Waals surface area contributed by atoms with Crippen molar-refractivity contribution in [3.8, 4) is 5.75 Å². The summed E-state index contributed by atoms with van der Waals surface area (Å²) in [5.74, 6) is -0.0873. The second-order valence-electron chi connectivity index (χ2n) is 13.9. The standard InChI is InChI=1S/C49H48O2/c1-7-37-13-8-14-38(25-37)26-40-15-9-17-42(32(40)2)29-44-19-11-21-46(34(44)4)31-47-22-12-20-45(35(47)5)30-43-18-10-16-41(33(43)3)27-39-23-24-49(51)48(28-39)36(6)50/h7-25,28,50-51H,1,6,26-27,29-31H2,2-5H3. The number of hydrogen-bond acceptors (Lipinski definition) is 2. The van der Waals surface area contributed by atoms with Crippen molar-refractivity contribution in [1.82, 2.24) is 0 Å². The van der Waals surface area contributed by atoms with Gasteiger partial charge in [-0.05, 0) is 155 Å². The Morgan fingerprint density at radius 3 is 1.22 bits per heavy atom. The molecule has 0 aliphatic carbocycles. The molecule has 0 unspecified atom stereocenters. The van der Waals surface area contributed by atoms with Gasteiger partial charge in [-0.1, -0.05) is 122 Å². The molecule has 2 nitrogen and oxygen atoms in total. The Balaban J connectivity index is 1.19. The first-order valence-electron chi connectivity index (χ1n) is 17.8. The highest BCUT2D eigenvalue weighted by Gasteiger charge is 2.14. The lowest BCUT2D eigenvalue weighted by Crippen LogP contribution is -2.04. The molecule has 2 heteroatoms. The summed E-state index contributed by atoms with van der Waals surface area (Å²) >= 11 is 0. The highest BCUT2D eigenvalue weighted by atomic mass is 16.3. The van der Waals surface area contributed by atoms with E-state index in [1.54, 1.807) is 6.07 Å². The zero-order chi connectivity index (χ0) is 36.1. The summed E-state index contributed by atoms with van der Waals surface area (Å²) in [5, 5.41) is 20.0. The van der Waals surface area contributed by atoms with E-state index in [0.29, 0.717) is 12.0 Å². The molecule has 0 amide bonds. The number of aromatic hydroxyl groups is 1. The fraction of sp³-hybridized carbons (Fsp3) is 0.184. The average Bonchev–Trinajstić information content (AvgIpc) is 3.12. The Morgan fingerprint density at radius 1 is 0.490 bits per heavy atom. The summed E-state index contributed by atoms with van der Waals surface area (Å²) in [6.07, 6.45) is 6.22. The molecule has 0 saturated carbocycles. The van der Waals surface area contributed by atoms with E-state index in [0.717, 1.165) is 36.8 Å². The van der Waals surface area contributed by atoms with Gasteiger partial charge in [0.2, 0.25) is 0 Å². The second kappa shape index (κ2) is 15.5. The Kier molecular flexibility index (Phi) is 10.7. The molecule has 0 heterocycles. The molecule has 0 fully saturated rings. The van der Waals surface area contributed by atoms with Gasteiger partial charge in [0.15, 0.2) is 0 Å². The number of phenolic OH excluding ortho intramolecular Hbond substituents is 1. The van der Waals surface area contributed by atoms with Crippen LogP contribution in [-0.2, 0) is 32.1 Å². The van der Waals surface area contributed by atoms with Crippen LogP contribution in [0.5, 0.6) is 5.75 Å². The van der Waals surface area contributed by atoms with Crippen LogP contribution in [0.25, 0.3) is 11.8 Å². The largest absolute Gasteiger partial charge is 0.508 e. The van der Waals surface area contributed by atoms with Gasteiger partial charge >= 0.3 is 0 Å². The van der Waals surface area contributed by atoms with E-state index < -0.39 is 0 Å². The summed E-state index contributed by atoms with van der Waals surface area (Å²) in [6.45, 7) is 16.5. The smallest absolute Gasteiger partial charge is 0.126 e. The van der Waals surface area contributed by atoms with E-state index >= 15 is 0 Å². The van der Waals surface area contributed by atoms with Crippen LogP contribution < -0.4 is 0 Å². The van der Waals surface area contributed by atoms with Crippen LogP contribution >= 0.6 is 0 Å². The average molecular weight is 669 g/mol. The molecule has 0 aromatic heterocycles. The minimum Gasteiger partial charge on any atom is -0.508 e. The number of rotatable bonds is 12. The molecule has 256 valence electrons. The van der Waals surface area contributed by atoms with Gasteiger partial charge in [-0.2, -0.15) is 0 Å². The van der Waals surface area contributed by atoms with Crippen LogP contribution in [0.4, 0.5) is 0 Å². The van der Waals surface area contributed by atoms with Crippen molar-refractivity contribution in [2.24, 2.45) is 0 Å². The number of phenols is 1. The molecule has 0 spiro atoms. The molecule has 0 saturated heterocycles. The summed E-state index contributed by atoms with van der Waals surface area (Å²) < 4.78 is 0. The minimum absolute atomic E-state index is 0.0383. The van der Waals surface area contributed by atoms with Gasteiger partial charge in [0.25, 0.3) is 0 Å². The number of benzene rings is 6. The third-order valence-electron chi connectivity index (χ3n) is 10.7. The molecule has 0 aliphatic heterocycles. The van der Waals surface area contributed by atoms with E-state index in [1.807, 2.05) is 18.2 Å². The van der Waals surface area contributed by atoms with Crippen LogP contribution in [0.3, 0.4) is 0 Å². The molecule has 0 radical (unpaired) electrons. The van der Waals surface area contributed by atoms with E-state index in [2.05, 4.69) is 138 Å². The molecule has 0 aliphatic rings. The van der Waals surface area contributed by atoms with Gasteiger partial charge in [-0.15, -0.1) is 0 Å².